The molecule has 2 aromatic rings. The molecule has 0 saturated carbocycles. The quantitative estimate of drug-likeness (QED) is 0.487. The first-order valence-corrected chi connectivity index (χ1v) is 10.8. The Morgan fingerprint density at radius 3 is 2.56 bits per heavy atom. The number of aromatic nitrogens is 1. The monoisotopic (exact) mass is 517 g/mol. The van der Waals surface area contributed by atoms with Crippen LogP contribution < -0.4 is 15.4 Å². The van der Waals surface area contributed by atoms with Gasteiger partial charge in [0.05, 0.1) is 13.7 Å². The fraction of sp³-hybridized carbons (Fsp3) is 0.435. The molecule has 0 spiro atoms. The van der Waals surface area contributed by atoms with E-state index in [-0.39, 0.29) is 30.1 Å². The number of aliphatic hydroxyl groups excluding tert-OH is 1. The van der Waals surface area contributed by atoms with Crippen LogP contribution in [0, 0.1) is 17.6 Å². The van der Waals surface area contributed by atoms with Crippen molar-refractivity contribution in [1.29, 1.82) is 0 Å². The minimum atomic E-state index is -4.90. The van der Waals surface area contributed by atoms with Gasteiger partial charge in [0, 0.05) is 35.8 Å². The summed E-state index contributed by atoms with van der Waals surface area (Å²) in [6.45, 7) is 1.62. The second-order valence-electron chi connectivity index (χ2n) is 8.34. The fourth-order valence-electron chi connectivity index (χ4n) is 4.15. The highest BCUT2D eigenvalue weighted by Crippen LogP contribution is 2.55. The van der Waals surface area contributed by atoms with Crippen molar-refractivity contribution in [2.75, 3.05) is 25.6 Å². The van der Waals surface area contributed by atoms with Crippen molar-refractivity contribution >= 4 is 17.5 Å². The van der Waals surface area contributed by atoms with Crippen LogP contribution in [0.15, 0.2) is 30.5 Å². The molecule has 2 amide bonds. The summed E-state index contributed by atoms with van der Waals surface area (Å²) >= 11 is 0. The maximum atomic E-state index is 14.4. The van der Waals surface area contributed by atoms with Gasteiger partial charge in [-0.3, -0.25) is 14.6 Å². The number of methoxy groups -OCH3 is 1. The third kappa shape index (κ3) is 4.98. The number of halogens is 5. The van der Waals surface area contributed by atoms with Gasteiger partial charge in [-0.05, 0) is 25.1 Å². The molecule has 36 heavy (non-hydrogen) atoms. The zero-order valence-corrected chi connectivity index (χ0v) is 19.5. The standard InChI is InChI=1S/C23H24F5N3O5/c1-11-16(13-4-5-14(24)17(25)18(13)35-3)19(36-22(11,2)23(26,27)28)21(34)31-12-6-7-29-15(10-12)20(33)30-8-9-32/h4-7,10-11,16,19,32H,8-9H2,1-3H3,(H,30,33)(H,29,31,34)/t11-,16-,19+,22+/m0/s1. The normalized spacial score (nSPS) is 23.9. The van der Waals surface area contributed by atoms with Gasteiger partial charge in [0.1, 0.15) is 11.8 Å². The van der Waals surface area contributed by atoms with E-state index in [2.05, 4.69) is 15.6 Å². The maximum absolute atomic E-state index is 14.4. The van der Waals surface area contributed by atoms with E-state index < -0.39 is 58.9 Å². The number of nitrogens with one attached hydrogen (secondary N) is 2. The van der Waals surface area contributed by atoms with E-state index in [1.807, 2.05) is 0 Å². The summed E-state index contributed by atoms with van der Waals surface area (Å²) in [5, 5.41) is 13.6. The van der Waals surface area contributed by atoms with Crippen LogP contribution in [-0.4, -0.2) is 60.0 Å². The Morgan fingerprint density at radius 2 is 1.94 bits per heavy atom. The van der Waals surface area contributed by atoms with Crippen LogP contribution in [0.2, 0.25) is 0 Å². The molecule has 1 aromatic heterocycles. The number of rotatable bonds is 7. The van der Waals surface area contributed by atoms with Crippen LogP contribution in [0.1, 0.15) is 35.8 Å². The van der Waals surface area contributed by atoms with Crippen molar-refractivity contribution in [1.82, 2.24) is 10.3 Å². The molecular weight excluding hydrogens is 493 g/mol. The Bertz CT molecular complexity index is 1150. The first-order chi connectivity index (χ1) is 16.9. The van der Waals surface area contributed by atoms with Crippen molar-refractivity contribution in [2.45, 2.75) is 37.6 Å². The lowest BCUT2D eigenvalue weighted by Crippen LogP contribution is -2.47. The van der Waals surface area contributed by atoms with Gasteiger partial charge in [-0.15, -0.1) is 0 Å². The maximum Gasteiger partial charge on any atom is 0.417 e. The summed E-state index contributed by atoms with van der Waals surface area (Å²) in [5.41, 5.74) is -3.07. The molecule has 4 atom stereocenters. The van der Waals surface area contributed by atoms with E-state index in [0.29, 0.717) is 0 Å². The van der Waals surface area contributed by atoms with Gasteiger partial charge in [0.15, 0.2) is 17.2 Å². The summed E-state index contributed by atoms with van der Waals surface area (Å²) in [4.78, 5) is 29.1. The van der Waals surface area contributed by atoms with Gasteiger partial charge in [0.2, 0.25) is 5.82 Å². The number of hydrogen-bond acceptors (Lipinski definition) is 6. The number of pyridine rings is 1. The molecule has 0 aliphatic carbocycles. The summed E-state index contributed by atoms with van der Waals surface area (Å²) in [6, 6.07) is 4.27. The van der Waals surface area contributed by atoms with Crippen LogP contribution in [-0.2, 0) is 9.53 Å². The smallest absolute Gasteiger partial charge is 0.417 e. The van der Waals surface area contributed by atoms with E-state index in [1.54, 1.807) is 0 Å². The minimum absolute atomic E-state index is 0.0250. The number of amides is 2. The van der Waals surface area contributed by atoms with E-state index in [9.17, 15) is 31.5 Å². The predicted octanol–water partition coefficient (Wildman–Crippen LogP) is 3.17. The number of alkyl halides is 3. The second-order valence-corrected chi connectivity index (χ2v) is 8.34. The summed E-state index contributed by atoms with van der Waals surface area (Å²) in [6.07, 6.45) is -5.50. The van der Waals surface area contributed by atoms with Crippen LogP contribution in [0.5, 0.6) is 5.75 Å². The van der Waals surface area contributed by atoms with Gasteiger partial charge in [-0.2, -0.15) is 17.6 Å². The van der Waals surface area contributed by atoms with Crippen molar-refractivity contribution in [3.63, 3.8) is 0 Å². The van der Waals surface area contributed by atoms with Crippen LogP contribution in [0.25, 0.3) is 0 Å². The largest absolute Gasteiger partial charge is 0.493 e. The van der Waals surface area contributed by atoms with Crippen molar-refractivity contribution in [3.8, 4) is 5.75 Å². The Morgan fingerprint density at radius 1 is 1.25 bits per heavy atom. The molecular formula is C23H24F5N3O5. The van der Waals surface area contributed by atoms with Crippen molar-refractivity contribution < 1.29 is 46.1 Å². The number of aliphatic hydroxyl groups is 1. The fourth-order valence-corrected chi connectivity index (χ4v) is 4.15. The number of benzene rings is 1. The average Bonchev–Trinajstić information content (AvgIpc) is 3.11. The molecule has 1 aromatic carbocycles. The van der Waals surface area contributed by atoms with Crippen molar-refractivity contribution in [2.24, 2.45) is 5.92 Å². The van der Waals surface area contributed by atoms with E-state index in [0.717, 1.165) is 26.2 Å². The average molecular weight is 517 g/mol. The molecule has 3 N–H and O–H groups in total. The molecule has 1 fully saturated rings. The second kappa shape index (κ2) is 10.3. The molecule has 1 aliphatic rings. The third-order valence-electron chi connectivity index (χ3n) is 6.23. The lowest BCUT2D eigenvalue weighted by Gasteiger charge is -2.32. The highest BCUT2D eigenvalue weighted by molar-refractivity contribution is 5.97. The third-order valence-corrected chi connectivity index (χ3v) is 6.23. The lowest BCUT2D eigenvalue weighted by atomic mass is 9.77. The van der Waals surface area contributed by atoms with Crippen LogP contribution >= 0.6 is 0 Å². The number of ether oxygens (including phenoxy) is 2. The van der Waals surface area contributed by atoms with E-state index in [1.165, 1.54) is 25.3 Å². The van der Waals surface area contributed by atoms with Crippen LogP contribution in [0.3, 0.4) is 0 Å². The lowest BCUT2D eigenvalue weighted by molar-refractivity contribution is -0.272. The minimum Gasteiger partial charge on any atom is -0.493 e. The first kappa shape index (κ1) is 27.3. The number of carbonyl (C=O) groups excluding carboxylic acids is 2. The topological polar surface area (TPSA) is 110 Å². The molecule has 13 heteroatoms. The molecule has 1 aliphatic heterocycles. The number of nitrogens with zero attached hydrogens (tertiary/aromatic N) is 1. The zero-order chi connectivity index (χ0) is 26.8. The summed E-state index contributed by atoms with van der Waals surface area (Å²) in [5.74, 6) is -7.77. The first-order valence-electron chi connectivity index (χ1n) is 10.8. The summed E-state index contributed by atoms with van der Waals surface area (Å²) < 4.78 is 80.5. The van der Waals surface area contributed by atoms with Gasteiger partial charge in [0.25, 0.3) is 11.8 Å². The molecule has 1 saturated heterocycles. The predicted molar refractivity (Wildman–Crippen MR) is 116 cm³/mol. The molecule has 3 rings (SSSR count). The van der Waals surface area contributed by atoms with E-state index in [4.69, 9.17) is 14.6 Å². The molecule has 2 heterocycles. The Kier molecular flexibility index (Phi) is 7.84. The number of anilines is 1. The zero-order valence-electron chi connectivity index (χ0n) is 19.5. The summed E-state index contributed by atoms with van der Waals surface area (Å²) in [7, 11) is 1.03. The Hall–Kier alpha value is -3.32. The number of carbonyl (C=O) groups is 2. The number of hydrogen-bond donors (Lipinski definition) is 3. The highest BCUT2D eigenvalue weighted by atomic mass is 19.4. The highest BCUT2D eigenvalue weighted by Gasteiger charge is 2.65. The molecule has 8 nitrogen and oxygen atoms in total. The molecule has 196 valence electrons. The van der Waals surface area contributed by atoms with Crippen LogP contribution in [0.4, 0.5) is 27.6 Å². The Balaban J connectivity index is 2.00. The van der Waals surface area contributed by atoms with Gasteiger partial charge in [-0.25, -0.2) is 4.39 Å². The van der Waals surface area contributed by atoms with Crippen molar-refractivity contribution in [3.05, 3.63) is 53.4 Å². The van der Waals surface area contributed by atoms with E-state index >= 15 is 0 Å². The van der Waals surface area contributed by atoms with Gasteiger partial charge < -0.3 is 25.2 Å². The molecule has 0 radical (unpaired) electrons. The Labute approximate surface area is 202 Å². The molecule has 0 bridgehead atoms. The van der Waals surface area contributed by atoms with Gasteiger partial charge >= 0.3 is 6.18 Å². The SMILES string of the molecule is COc1c([C@H]2[C@H](C(=O)Nc3ccnc(C(=O)NCCO)c3)O[C@@](C)(C(F)(F)F)[C@H]2C)ccc(F)c1F. The van der Waals surface area contributed by atoms with Gasteiger partial charge in [-0.1, -0.05) is 13.0 Å². The molecule has 0 unspecified atom stereocenters.